The molecule has 0 amide bonds. The Labute approximate surface area is 125 Å². The zero-order valence-corrected chi connectivity index (χ0v) is 12.1. The van der Waals surface area contributed by atoms with Crippen molar-refractivity contribution < 1.29 is 0 Å². The van der Waals surface area contributed by atoms with E-state index in [0.717, 1.165) is 17.1 Å². The Balaban J connectivity index is 0.00000133. The molecule has 2 N–H and O–H groups in total. The van der Waals surface area contributed by atoms with E-state index < -0.39 is 0 Å². The molecule has 2 aromatic rings. The maximum atomic E-state index is 6.24. The molecule has 0 saturated heterocycles. The molecule has 1 fully saturated rings. The van der Waals surface area contributed by atoms with Gasteiger partial charge in [-0.3, -0.25) is 0 Å². The summed E-state index contributed by atoms with van der Waals surface area (Å²) in [6, 6.07) is 16.7. The Kier molecular flexibility index (Phi) is 4.51. The molecule has 0 heterocycles. The van der Waals surface area contributed by atoms with E-state index >= 15 is 0 Å². The van der Waals surface area contributed by atoms with Crippen molar-refractivity contribution in [3.05, 3.63) is 59.1 Å². The van der Waals surface area contributed by atoms with Crippen LogP contribution in [-0.2, 0) is 0 Å². The fourth-order valence-electron chi connectivity index (χ4n) is 2.55. The van der Waals surface area contributed by atoms with E-state index in [9.17, 15) is 0 Å². The molecule has 19 heavy (non-hydrogen) atoms. The Hall–Kier alpha value is -1.02. The first-order valence-electron chi connectivity index (χ1n) is 6.34. The van der Waals surface area contributed by atoms with Crippen molar-refractivity contribution in [3.63, 3.8) is 0 Å². The second kappa shape index (κ2) is 5.96. The van der Waals surface area contributed by atoms with Crippen molar-refractivity contribution >= 4 is 24.0 Å². The molecule has 3 rings (SSSR count). The first kappa shape index (κ1) is 14.4. The second-order valence-electron chi connectivity index (χ2n) is 4.94. The number of hydrogen-bond acceptors (Lipinski definition) is 1. The molecule has 1 saturated carbocycles. The molecule has 0 aromatic heterocycles. The van der Waals surface area contributed by atoms with E-state index in [0.29, 0.717) is 11.8 Å². The minimum absolute atomic E-state index is 0. The molecule has 3 heteroatoms. The van der Waals surface area contributed by atoms with Gasteiger partial charge >= 0.3 is 0 Å². The monoisotopic (exact) mass is 293 g/mol. The van der Waals surface area contributed by atoms with Gasteiger partial charge in [0.1, 0.15) is 0 Å². The van der Waals surface area contributed by atoms with E-state index in [4.69, 9.17) is 17.3 Å². The molecule has 0 spiro atoms. The molecule has 2 aromatic carbocycles. The summed E-state index contributed by atoms with van der Waals surface area (Å²) >= 11 is 6.24. The van der Waals surface area contributed by atoms with Gasteiger partial charge in [0, 0.05) is 10.6 Å². The van der Waals surface area contributed by atoms with Crippen LogP contribution in [0.25, 0.3) is 11.1 Å². The van der Waals surface area contributed by atoms with Crippen molar-refractivity contribution in [3.8, 4) is 11.1 Å². The summed E-state index contributed by atoms with van der Waals surface area (Å²) in [7, 11) is 0. The quantitative estimate of drug-likeness (QED) is 0.886. The highest BCUT2D eigenvalue weighted by Crippen LogP contribution is 2.47. The summed E-state index contributed by atoms with van der Waals surface area (Å²) in [5.41, 5.74) is 9.40. The van der Waals surface area contributed by atoms with E-state index in [1.807, 2.05) is 18.2 Å². The van der Waals surface area contributed by atoms with Crippen LogP contribution in [0.4, 0.5) is 0 Å². The van der Waals surface area contributed by atoms with Crippen molar-refractivity contribution in [2.75, 3.05) is 6.54 Å². The van der Waals surface area contributed by atoms with Crippen LogP contribution in [0.3, 0.4) is 0 Å². The average Bonchev–Trinajstić information content (AvgIpc) is 3.19. The van der Waals surface area contributed by atoms with Gasteiger partial charge in [-0.2, -0.15) is 0 Å². The number of benzene rings is 2. The lowest BCUT2D eigenvalue weighted by atomic mass is 10.0. The third-order valence-electron chi connectivity index (χ3n) is 3.72. The van der Waals surface area contributed by atoms with Crippen LogP contribution in [0, 0.1) is 5.92 Å². The highest BCUT2D eigenvalue weighted by molar-refractivity contribution is 6.33. The maximum absolute atomic E-state index is 6.24. The number of halogens is 2. The van der Waals surface area contributed by atoms with Gasteiger partial charge in [-0.05, 0) is 42.0 Å². The highest BCUT2D eigenvalue weighted by atomic mass is 35.5. The Morgan fingerprint density at radius 3 is 2.58 bits per heavy atom. The largest absolute Gasteiger partial charge is 0.330 e. The van der Waals surface area contributed by atoms with Crippen LogP contribution in [0.2, 0.25) is 5.02 Å². The first-order valence-corrected chi connectivity index (χ1v) is 6.72. The highest BCUT2D eigenvalue weighted by Gasteiger charge is 2.36. The minimum atomic E-state index is 0. The predicted molar refractivity (Wildman–Crippen MR) is 84.0 cm³/mol. The Morgan fingerprint density at radius 1 is 1.11 bits per heavy atom. The molecule has 1 aliphatic rings. The molecule has 0 unspecified atom stereocenters. The molecular formula is C16H17Cl2N. The lowest BCUT2D eigenvalue weighted by Crippen LogP contribution is -2.01. The summed E-state index contributed by atoms with van der Waals surface area (Å²) in [6.07, 6.45) is 1.22. The van der Waals surface area contributed by atoms with Crippen LogP contribution in [0.15, 0.2) is 48.5 Å². The zero-order chi connectivity index (χ0) is 12.5. The zero-order valence-electron chi connectivity index (χ0n) is 10.6. The van der Waals surface area contributed by atoms with Crippen LogP contribution in [0.1, 0.15) is 17.9 Å². The van der Waals surface area contributed by atoms with Crippen LogP contribution >= 0.6 is 24.0 Å². The second-order valence-corrected chi connectivity index (χ2v) is 5.35. The van der Waals surface area contributed by atoms with E-state index in [1.165, 1.54) is 17.5 Å². The van der Waals surface area contributed by atoms with E-state index in [2.05, 4.69) is 30.3 Å². The lowest BCUT2D eigenvalue weighted by Gasteiger charge is -2.07. The van der Waals surface area contributed by atoms with Gasteiger partial charge in [0.05, 0.1) is 0 Å². The lowest BCUT2D eigenvalue weighted by molar-refractivity contribution is 0.810. The van der Waals surface area contributed by atoms with Crippen molar-refractivity contribution in [1.82, 2.24) is 0 Å². The summed E-state index contributed by atoms with van der Waals surface area (Å²) in [5.74, 6) is 1.32. The number of hydrogen-bond donors (Lipinski definition) is 1. The molecule has 2 atom stereocenters. The normalized spacial score (nSPS) is 20.7. The Morgan fingerprint density at radius 2 is 1.89 bits per heavy atom. The molecule has 1 nitrogen and oxygen atoms in total. The van der Waals surface area contributed by atoms with Gasteiger partial charge in [-0.1, -0.05) is 54.1 Å². The third-order valence-corrected chi connectivity index (χ3v) is 4.05. The minimum Gasteiger partial charge on any atom is -0.330 e. The first-order chi connectivity index (χ1) is 8.79. The van der Waals surface area contributed by atoms with Gasteiger partial charge < -0.3 is 5.73 Å². The Bertz CT molecular complexity index is 568. The van der Waals surface area contributed by atoms with Crippen molar-refractivity contribution in [2.45, 2.75) is 12.3 Å². The fourth-order valence-corrected chi connectivity index (χ4v) is 2.79. The van der Waals surface area contributed by atoms with Gasteiger partial charge in [0.2, 0.25) is 0 Å². The molecule has 0 radical (unpaired) electrons. The van der Waals surface area contributed by atoms with Crippen molar-refractivity contribution in [2.24, 2.45) is 11.7 Å². The molecule has 1 aliphatic carbocycles. The molecular weight excluding hydrogens is 277 g/mol. The maximum Gasteiger partial charge on any atom is 0.0484 e. The predicted octanol–water partition coefficient (Wildman–Crippen LogP) is 4.49. The number of nitrogens with two attached hydrogens (primary N) is 1. The third kappa shape index (κ3) is 2.94. The topological polar surface area (TPSA) is 26.0 Å². The summed E-state index contributed by atoms with van der Waals surface area (Å²) < 4.78 is 0. The average molecular weight is 294 g/mol. The number of rotatable bonds is 3. The molecule has 100 valence electrons. The van der Waals surface area contributed by atoms with Gasteiger partial charge in [-0.25, -0.2) is 0 Å². The van der Waals surface area contributed by atoms with Crippen LogP contribution < -0.4 is 5.73 Å². The van der Waals surface area contributed by atoms with Crippen LogP contribution in [-0.4, -0.2) is 6.54 Å². The van der Waals surface area contributed by atoms with E-state index in [1.54, 1.807) is 0 Å². The van der Waals surface area contributed by atoms with Gasteiger partial charge in [-0.15, -0.1) is 12.4 Å². The smallest absolute Gasteiger partial charge is 0.0484 e. The van der Waals surface area contributed by atoms with Crippen molar-refractivity contribution in [1.29, 1.82) is 0 Å². The van der Waals surface area contributed by atoms with Gasteiger partial charge in [0.25, 0.3) is 0 Å². The standard InChI is InChI=1S/C16H16ClN.ClH/c17-16-7-2-1-6-14(16)11-4-3-5-12(8-11)15-9-13(15)10-18;/h1-8,13,15H,9-10,18H2;1H/t13-,15-;/m0./s1. The summed E-state index contributed by atoms with van der Waals surface area (Å²) in [6.45, 7) is 0.793. The fraction of sp³-hybridized carbons (Fsp3) is 0.250. The summed E-state index contributed by atoms with van der Waals surface area (Å²) in [5, 5.41) is 0.806. The SMILES string of the molecule is Cl.NC[C@@H]1C[C@H]1c1cccc(-c2ccccc2Cl)c1. The van der Waals surface area contributed by atoms with Crippen LogP contribution in [0.5, 0.6) is 0 Å². The molecule has 0 bridgehead atoms. The summed E-state index contributed by atoms with van der Waals surface area (Å²) in [4.78, 5) is 0. The molecule has 0 aliphatic heterocycles. The van der Waals surface area contributed by atoms with E-state index in [-0.39, 0.29) is 12.4 Å². The van der Waals surface area contributed by atoms with Gasteiger partial charge in [0.15, 0.2) is 0 Å².